The Morgan fingerprint density at radius 3 is 2.31 bits per heavy atom. The highest BCUT2D eigenvalue weighted by Gasteiger charge is 2.11. The van der Waals surface area contributed by atoms with E-state index in [0.717, 1.165) is 13.0 Å². The summed E-state index contributed by atoms with van der Waals surface area (Å²) >= 11 is 0. The summed E-state index contributed by atoms with van der Waals surface area (Å²) in [5.74, 6) is 0.106. The van der Waals surface area contributed by atoms with Crippen molar-refractivity contribution in [2.75, 3.05) is 13.7 Å². The number of amides is 1. The van der Waals surface area contributed by atoms with Gasteiger partial charge < -0.3 is 15.4 Å². The molecule has 0 spiro atoms. The highest BCUT2D eigenvalue weighted by Crippen LogP contribution is 1.97. The van der Waals surface area contributed by atoms with Gasteiger partial charge in [0.25, 0.3) is 0 Å². The molecule has 0 fully saturated rings. The average molecular weight is 230 g/mol. The van der Waals surface area contributed by atoms with Crippen LogP contribution in [0.25, 0.3) is 0 Å². The summed E-state index contributed by atoms with van der Waals surface area (Å²) in [6.45, 7) is 8.83. The van der Waals surface area contributed by atoms with Crippen molar-refractivity contribution >= 4 is 5.91 Å². The molecule has 0 aromatic heterocycles. The van der Waals surface area contributed by atoms with E-state index in [1.165, 1.54) is 0 Å². The first-order valence-electron chi connectivity index (χ1n) is 6.00. The second-order valence-electron chi connectivity index (χ2n) is 4.68. The molecule has 0 saturated heterocycles. The summed E-state index contributed by atoms with van der Waals surface area (Å²) in [5, 5.41) is 6.26. The van der Waals surface area contributed by atoms with Crippen LogP contribution in [0.4, 0.5) is 0 Å². The van der Waals surface area contributed by atoms with E-state index in [-0.39, 0.29) is 18.0 Å². The molecule has 16 heavy (non-hydrogen) atoms. The average Bonchev–Trinajstić information content (AvgIpc) is 2.12. The Hall–Kier alpha value is -0.610. The summed E-state index contributed by atoms with van der Waals surface area (Å²) in [6, 6.07) is 0.790. The number of carbonyl (C=O) groups is 1. The molecule has 0 saturated carbocycles. The van der Waals surface area contributed by atoms with Gasteiger partial charge in [-0.05, 0) is 34.1 Å². The maximum atomic E-state index is 11.5. The van der Waals surface area contributed by atoms with Gasteiger partial charge >= 0.3 is 0 Å². The van der Waals surface area contributed by atoms with Crippen molar-refractivity contribution < 1.29 is 9.53 Å². The zero-order valence-corrected chi connectivity index (χ0v) is 11.2. The molecule has 0 aliphatic rings. The van der Waals surface area contributed by atoms with Crippen LogP contribution in [-0.2, 0) is 9.53 Å². The van der Waals surface area contributed by atoms with Crippen LogP contribution in [-0.4, -0.2) is 37.7 Å². The fraction of sp³-hybridized carbons (Fsp3) is 0.917. The lowest BCUT2D eigenvalue weighted by molar-refractivity contribution is -0.122. The number of nitrogens with one attached hydrogen (secondary N) is 2. The minimum absolute atomic E-state index is 0.106. The lowest BCUT2D eigenvalue weighted by atomic mass is 10.1. The third-order valence-electron chi connectivity index (χ3n) is 2.27. The van der Waals surface area contributed by atoms with Gasteiger partial charge in [-0.25, -0.2) is 0 Å². The quantitative estimate of drug-likeness (QED) is 0.661. The Morgan fingerprint density at radius 2 is 1.81 bits per heavy atom. The van der Waals surface area contributed by atoms with Crippen molar-refractivity contribution in [3.63, 3.8) is 0 Å². The number of hydrogen-bond donors (Lipinski definition) is 2. The third kappa shape index (κ3) is 8.68. The summed E-state index contributed by atoms with van der Waals surface area (Å²) in [7, 11) is 1.70. The van der Waals surface area contributed by atoms with Gasteiger partial charge in [0, 0.05) is 38.3 Å². The van der Waals surface area contributed by atoms with Gasteiger partial charge in [-0.15, -0.1) is 0 Å². The van der Waals surface area contributed by atoms with Crippen molar-refractivity contribution in [2.24, 2.45) is 0 Å². The summed E-state index contributed by atoms with van der Waals surface area (Å²) < 4.78 is 5.01. The number of ether oxygens (including phenoxy) is 1. The van der Waals surface area contributed by atoms with E-state index in [9.17, 15) is 4.79 Å². The molecule has 0 aliphatic heterocycles. The number of hydrogen-bond acceptors (Lipinski definition) is 3. The van der Waals surface area contributed by atoms with Crippen LogP contribution in [0.2, 0.25) is 0 Å². The first kappa shape index (κ1) is 15.4. The van der Waals surface area contributed by atoms with Crippen LogP contribution >= 0.6 is 0 Å². The minimum Gasteiger partial charge on any atom is -0.385 e. The van der Waals surface area contributed by atoms with Crippen molar-refractivity contribution in [3.8, 4) is 0 Å². The standard InChI is InChI=1S/C12H26N2O2/c1-9(2)13-12(15)8-11(4)14-10(3)6-7-16-5/h9-11,14H,6-8H2,1-5H3,(H,13,15). The molecular weight excluding hydrogens is 204 g/mol. The molecule has 2 atom stereocenters. The topological polar surface area (TPSA) is 50.4 Å². The maximum absolute atomic E-state index is 11.5. The fourth-order valence-corrected chi connectivity index (χ4v) is 1.58. The monoisotopic (exact) mass is 230 g/mol. The Labute approximate surface area is 99.1 Å². The van der Waals surface area contributed by atoms with E-state index in [1.54, 1.807) is 7.11 Å². The second kappa shape index (κ2) is 8.53. The molecule has 0 aromatic rings. The van der Waals surface area contributed by atoms with Gasteiger partial charge in [-0.3, -0.25) is 4.79 Å². The molecule has 0 bridgehead atoms. The van der Waals surface area contributed by atoms with Gasteiger partial charge in [-0.2, -0.15) is 0 Å². The van der Waals surface area contributed by atoms with Crippen LogP contribution in [0.1, 0.15) is 40.5 Å². The van der Waals surface area contributed by atoms with Crippen molar-refractivity contribution in [2.45, 2.75) is 58.7 Å². The summed E-state index contributed by atoms with van der Waals surface area (Å²) in [4.78, 5) is 11.5. The molecule has 0 aliphatic carbocycles. The summed E-state index contributed by atoms with van der Waals surface area (Å²) in [6.07, 6.45) is 1.49. The molecular formula is C12H26N2O2. The van der Waals surface area contributed by atoms with Gasteiger partial charge in [0.15, 0.2) is 0 Å². The highest BCUT2D eigenvalue weighted by atomic mass is 16.5. The summed E-state index contributed by atoms with van der Waals surface area (Å²) in [5.41, 5.74) is 0. The highest BCUT2D eigenvalue weighted by molar-refractivity contribution is 5.76. The Morgan fingerprint density at radius 1 is 1.19 bits per heavy atom. The van der Waals surface area contributed by atoms with Gasteiger partial charge in [0.2, 0.25) is 5.91 Å². The van der Waals surface area contributed by atoms with Crippen molar-refractivity contribution in [3.05, 3.63) is 0 Å². The number of methoxy groups -OCH3 is 1. The molecule has 0 radical (unpaired) electrons. The molecule has 4 nitrogen and oxygen atoms in total. The number of carbonyl (C=O) groups excluding carboxylic acids is 1. The SMILES string of the molecule is COCCC(C)NC(C)CC(=O)NC(C)C. The van der Waals surface area contributed by atoms with E-state index in [1.807, 2.05) is 20.8 Å². The van der Waals surface area contributed by atoms with Gasteiger partial charge in [0.05, 0.1) is 0 Å². The lowest BCUT2D eigenvalue weighted by Crippen LogP contribution is -2.40. The molecule has 2 unspecified atom stereocenters. The van der Waals surface area contributed by atoms with Gasteiger partial charge in [-0.1, -0.05) is 0 Å². The smallest absolute Gasteiger partial charge is 0.221 e. The maximum Gasteiger partial charge on any atom is 0.221 e. The molecule has 0 rings (SSSR count). The van der Waals surface area contributed by atoms with Crippen LogP contribution in [0, 0.1) is 0 Å². The minimum atomic E-state index is 0.106. The Balaban J connectivity index is 3.71. The van der Waals surface area contributed by atoms with Gasteiger partial charge in [0.1, 0.15) is 0 Å². The molecule has 1 amide bonds. The molecule has 2 N–H and O–H groups in total. The largest absolute Gasteiger partial charge is 0.385 e. The van der Waals surface area contributed by atoms with E-state index < -0.39 is 0 Å². The second-order valence-corrected chi connectivity index (χ2v) is 4.68. The lowest BCUT2D eigenvalue weighted by Gasteiger charge is -2.20. The molecule has 0 heterocycles. The van der Waals surface area contributed by atoms with E-state index >= 15 is 0 Å². The normalized spacial score (nSPS) is 14.9. The van der Waals surface area contributed by atoms with E-state index in [4.69, 9.17) is 4.74 Å². The molecule has 96 valence electrons. The van der Waals surface area contributed by atoms with E-state index in [2.05, 4.69) is 17.6 Å². The van der Waals surface area contributed by atoms with E-state index in [0.29, 0.717) is 12.5 Å². The van der Waals surface area contributed by atoms with Crippen LogP contribution in [0.3, 0.4) is 0 Å². The fourth-order valence-electron chi connectivity index (χ4n) is 1.58. The van der Waals surface area contributed by atoms with Crippen LogP contribution in [0.15, 0.2) is 0 Å². The first-order chi connectivity index (χ1) is 7.45. The predicted molar refractivity (Wildman–Crippen MR) is 66.4 cm³/mol. The zero-order chi connectivity index (χ0) is 12.6. The predicted octanol–water partition coefficient (Wildman–Crippen LogP) is 1.30. The molecule has 0 aromatic carbocycles. The Kier molecular flexibility index (Phi) is 8.21. The van der Waals surface area contributed by atoms with Crippen molar-refractivity contribution in [1.82, 2.24) is 10.6 Å². The molecule has 4 heteroatoms. The Bertz CT molecular complexity index is 195. The number of rotatable bonds is 8. The first-order valence-corrected chi connectivity index (χ1v) is 6.00. The zero-order valence-electron chi connectivity index (χ0n) is 11.2. The van der Waals surface area contributed by atoms with Crippen molar-refractivity contribution in [1.29, 1.82) is 0 Å². The van der Waals surface area contributed by atoms with Crippen LogP contribution < -0.4 is 10.6 Å². The van der Waals surface area contributed by atoms with Crippen LogP contribution in [0.5, 0.6) is 0 Å². The third-order valence-corrected chi connectivity index (χ3v) is 2.27.